The standard InChI is InChI=1S/C11H11ClFIN2O.C11H12ClFIN2O/c12-3-5-17-6-4-16-10-2-1-8(13)7-9(10)11(14)15-16;12-3-5-17-6-4-16-11(14)9-7-8(13)1-2-10(9)15-16/h1-2,7H,3-6H2;1-2,7,9H,3-6H2/q;+1. The number of rotatable bonds is 10. The van der Waals surface area contributed by atoms with Gasteiger partial charge in [-0.1, -0.05) is 4.68 Å². The summed E-state index contributed by atoms with van der Waals surface area (Å²) in [5.41, 5.74) is 1.80. The Balaban J connectivity index is 0.000000191. The average Bonchev–Trinajstić information content (AvgIpc) is 3.30. The monoisotopic (exact) mass is 737 g/mol. The number of hydrazone groups is 1. The summed E-state index contributed by atoms with van der Waals surface area (Å²) in [5.74, 6) is 0.502. The van der Waals surface area contributed by atoms with Crippen molar-refractivity contribution in [1.82, 2.24) is 9.78 Å². The van der Waals surface area contributed by atoms with Crippen molar-refractivity contribution in [2.75, 3.05) is 44.7 Å². The molecule has 0 saturated heterocycles. The lowest BCUT2D eigenvalue weighted by Crippen LogP contribution is -2.19. The maximum atomic E-state index is 13.1. The van der Waals surface area contributed by atoms with Gasteiger partial charge in [0.25, 0.3) is 3.72 Å². The third-order valence-electron chi connectivity index (χ3n) is 4.80. The molecule has 2 aromatic rings. The number of nitrogens with zero attached hydrogens (tertiary/aromatic N) is 4. The fourth-order valence-corrected chi connectivity index (χ4v) is 5.02. The van der Waals surface area contributed by atoms with Gasteiger partial charge in [-0.05, 0) is 64.1 Å². The van der Waals surface area contributed by atoms with Crippen LogP contribution >= 0.6 is 68.4 Å². The number of allylic oxidation sites excluding steroid dienone is 4. The molecule has 0 amide bonds. The molecule has 0 radical (unpaired) electrons. The van der Waals surface area contributed by atoms with Crippen LogP contribution in [0.2, 0.25) is 0 Å². The first-order valence-electron chi connectivity index (χ1n) is 10.5. The van der Waals surface area contributed by atoms with E-state index >= 15 is 0 Å². The highest BCUT2D eigenvalue weighted by Gasteiger charge is 2.35. The van der Waals surface area contributed by atoms with Crippen LogP contribution in [0.15, 0.2) is 47.4 Å². The minimum atomic E-state index is -0.242. The van der Waals surface area contributed by atoms with Crippen LogP contribution in [0.1, 0.15) is 0 Å². The van der Waals surface area contributed by atoms with Crippen LogP contribution in [0.4, 0.5) is 8.78 Å². The van der Waals surface area contributed by atoms with E-state index in [4.69, 9.17) is 32.7 Å². The molecule has 2 heterocycles. The molecule has 0 bridgehead atoms. The van der Waals surface area contributed by atoms with Gasteiger partial charge in [-0.2, -0.15) is 5.10 Å². The van der Waals surface area contributed by atoms with Crippen molar-refractivity contribution in [2.45, 2.75) is 6.54 Å². The number of aromatic nitrogens is 2. The Morgan fingerprint density at radius 1 is 1.03 bits per heavy atom. The highest BCUT2D eigenvalue weighted by atomic mass is 127. The molecule has 1 aliphatic heterocycles. The highest BCUT2D eigenvalue weighted by Crippen LogP contribution is 2.24. The van der Waals surface area contributed by atoms with Crippen molar-refractivity contribution >= 4 is 88.7 Å². The molecule has 6 nitrogen and oxygen atoms in total. The van der Waals surface area contributed by atoms with Gasteiger partial charge >= 0.3 is 0 Å². The molecule has 0 fully saturated rings. The zero-order valence-corrected chi connectivity index (χ0v) is 23.9. The minimum Gasteiger partial charge on any atom is -0.378 e. The topological polar surface area (TPSA) is 51.7 Å². The predicted molar refractivity (Wildman–Crippen MR) is 149 cm³/mol. The smallest absolute Gasteiger partial charge is 0.257 e. The average molecular weight is 738 g/mol. The lowest BCUT2D eigenvalue weighted by molar-refractivity contribution is -0.530. The SMILES string of the molecule is FC1=CC2C(=N[N+](CCOCCCl)=C2I)C=C1.Fc1ccc2c(c1)c(I)nn2CCOCCCl. The maximum absolute atomic E-state index is 13.1. The van der Waals surface area contributed by atoms with E-state index in [9.17, 15) is 8.78 Å². The summed E-state index contributed by atoms with van der Waals surface area (Å²) < 4.78 is 42.3. The Labute approximate surface area is 233 Å². The molecule has 1 unspecified atom stereocenters. The molecule has 1 aliphatic carbocycles. The Hall–Kier alpha value is -0.670. The zero-order valence-electron chi connectivity index (χ0n) is 18.1. The first-order valence-corrected chi connectivity index (χ1v) is 13.7. The third-order valence-corrected chi connectivity index (χ3v) is 7.14. The van der Waals surface area contributed by atoms with Crippen molar-refractivity contribution in [3.8, 4) is 0 Å². The first kappa shape index (κ1) is 27.9. The summed E-state index contributed by atoms with van der Waals surface area (Å²) in [6, 6.07) is 4.68. The van der Waals surface area contributed by atoms with Crippen LogP contribution in [0.5, 0.6) is 0 Å². The van der Waals surface area contributed by atoms with Gasteiger partial charge in [0, 0.05) is 39.7 Å². The lowest BCUT2D eigenvalue weighted by Gasteiger charge is -2.03. The van der Waals surface area contributed by atoms with Crippen LogP contribution in [0.3, 0.4) is 0 Å². The number of alkyl halides is 2. The Kier molecular flexibility index (Phi) is 11.6. The van der Waals surface area contributed by atoms with Crippen molar-refractivity contribution in [2.24, 2.45) is 11.0 Å². The van der Waals surface area contributed by atoms with E-state index in [1.54, 1.807) is 18.2 Å². The summed E-state index contributed by atoms with van der Waals surface area (Å²) in [6.45, 7) is 3.50. The van der Waals surface area contributed by atoms with Gasteiger partial charge in [0.1, 0.15) is 33.6 Å². The molecule has 34 heavy (non-hydrogen) atoms. The molecule has 0 saturated carbocycles. The molecule has 1 aromatic carbocycles. The number of halogens is 6. The second-order valence-electron chi connectivity index (χ2n) is 7.11. The molecule has 4 rings (SSSR count). The van der Waals surface area contributed by atoms with Gasteiger partial charge in [-0.25, -0.2) is 8.78 Å². The van der Waals surface area contributed by atoms with Gasteiger partial charge in [0.2, 0.25) is 0 Å². The number of hydrogen-bond donors (Lipinski definition) is 0. The molecule has 1 atom stereocenters. The van der Waals surface area contributed by atoms with Crippen molar-refractivity contribution < 1.29 is 22.9 Å². The van der Waals surface area contributed by atoms with Crippen LogP contribution in [-0.2, 0) is 16.0 Å². The summed E-state index contributed by atoms with van der Waals surface area (Å²) in [6.07, 6.45) is 4.74. The molecular weight excluding hydrogens is 715 g/mol. The van der Waals surface area contributed by atoms with Gasteiger partial charge < -0.3 is 9.47 Å². The van der Waals surface area contributed by atoms with E-state index in [-0.39, 0.29) is 17.6 Å². The largest absolute Gasteiger partial charge is 0.378 e. The second kappa shape index (κ2) is 14.2. The Bertz CT molecular complexity index is 1120. The Morgan fingerprint density at radius 3 is 2.50 bits per heavy atom. The van der Waals surface area contributed by atoms with Gasteiger partial charge in [0.15, 0.2) is 6.54 Å². The van der Waals surface area contributed by atoms with E-state index in [1.807, 2.05) is 9.37 Å². The van der Waals surface area contributed by atoms with E-state index < -0.39 is 0 Å². The lowest BCUT2D eigenvalue weighted by atomic mass is 10.0. The fraction of sp³-hybridized carbons (Fsp3) is 0.409. The molecule has 184 valence electrons. The first-order chi connectivity index (χ1) is 16.4. The molecule has 1 aromatic heterocycles. The maximum Gasteiger partial charge on any atom is 0.257 e. The molecular formula is C22H23Cl2F2I2N4O2+. The van der Waals surface area contributed by atoms with Crippen molar-refractivity contribution in [3.63, 3.8) is 0 Å². The van der Waals surface area contributed by atoms with Crippen molar-refractivity contribution in [1.29, 1.82) is 0 Å². The molecule has 0 spiro atoms. The number of hydrogen-bond acceptors (Lipinski definition) is 4. The third kappa shape index (κ3) is 7.66. The van der Waals surface area contributed by atoms with Crippen LogP contribution in [-0.4, -0.2) is 68.6 Å². The van der Waals surface area contributed by atoms with Gasteiger partial charge in [-0.3, -0.25) is 4.68 Å². The number of ether oxygens (including phenoxy) is 2. The quantitative estimate of drug-likeness (QED) is 0.140. The summed E-state index contributed by atoms with van der Waals surface area (Å²) >= 11 is 15.3. The second-order valence-corrected chi connectivity index (χ2v) is 9.99. The van der Waals surface area contributed by atoms with E-state index in [2.05, 4.69) is 55.4 Å². The van der Waals surface area contributed by atoms with E-state index in [0.717, 1.165) is 24.0 Å². The summed E-state index contributed by atoms with van der Waals surface area (Å²) in [5, 5.41) is 9.61. The molecule has 2 aliphatic rings. The van der Waals surface area contributed by atoms with E-state index in [0.29, 0.717) is 51.3 Å². The minimum absolute atomic E-state index is 0.0337. The number of benzene rings is 1. The summed E-state index contributed by atoms with van der Waals surface area (Å²) in [4.78, 5) is 0. The molecule has 12 heteroatoms. The van der Waals surface area contributed by atoms with Gasteiger partial charge in [-0.15, -0.1) is 23.2 Å². The zero-order chi connectivity index (χ0) is 24.5. The van der Waals surface area contributed by atoms with Crippen LogP contribution < -0.4 is 0 Å². The highest BCUT2D eigenvalue weighted by molar-refractivity contribution is 14.1. The van der Waals surface area contributed by atoms with Crippen LogP contribution in [0, 0.1) is 15.4 Å². The van der Waals surface area contributed by atoms with Crippen molar-refractivity contribution in [3.05, 3.63) is 51.8 Å². The normalized spacial score (nSPS) is 16.9. The predicted octanol–water partition coefficient (Wildman–Crippen LogP) is 5.53. The molecule has 0 N–H and O–H groups in total. The number of fused-ring (bicyclic) bond motifs is 2. The van der Waals surface area contributed by atoms with Gasteiger partial charge in [0.05, 0.1) is 31.9 Å². The summed E-state index contributed by atoms with van der Waals surface area (Å²) in [7, 11) is 0. The van der Waals surface area contributed by atoms with Crippen LogP contribution in [0.25, 0.3) is 10.9 Å². The van der Waals surface area contributed by atoms with E-state index in [1.165, 1.54) is 18.2 Å². The fourth-order valence-electron chi connectivity index (χ4n) is 3.26. The Morgan fingerprint density at radius 2 is 1.76 bits per heavy atom.